The number of rotatable bonds is 2. The summed E-state index contributed by atoms with van der Waals surface area (Å²) in [5.74, 6) is 0.985. The first kappa shape index (κ1) is 8.18. The lowest BCUT2D eigenvalue weighted by atomic mass is 10.1. The van der Waals surface area contributed by atoms with Gasteiger partial charge >= 0.3 is 0 Å². The Morgan fingerprint density at radius 1 is 1.42 bits per heavy atom. The Morgan fingerprint density at radius 2 is 2.25 bits per heavy atom. The lowest BCUT2D eigenvalue weighted by molar-refractivity contribution is 0.892. The maximum atomic E-state index is 3.89. The largest absolute Gasteiger partial charge is 0.154 e. The van der Waals surface area contributed by atoms with Gasteiger partial charge in [0.15, 0.2) is 0 Å². The zero-order chi connectivity index (χ0) is 8.39. The maximum absolute atomic E-state index is 3.89. The SMILES string of the molecule is [CH2]CSC1CCc2ccccc21. The minimum atomic E-state index is 0.721. The molecule has 0 fully saturated rings. The minimum absolute atomic E-state index is 0.721. The summed E-state index contributed by atoms with van der Waals surface area (Å²) in [6, 6.07) is 8.78. The van der Waals surface area contributed by atoms with Gasteiger partial charge in [-0.1, -0.05) is 24.3 Å². The molecule has 0 amide bonds. The summed E-state index contributed by atoms with van der Waals surface area (Å²) in [5, 5.41) is 0.721. The lowest BCUT2D eigenvalue weighted by Gasteiger charge is -2.08. The van der Waals surface area contributed by atoms with Gasteiger partial charge in [0.1, 0.15) is 0 Å². The van der Waals surface area contributed by atoms with Crippen LogP contribution < -0.4 is 0 Å². The predicted octanol–water partition coefficient (Wildman–Crippen LogP) is 3.24. The van der Waals surface area contributed by atoms with Gasteiger partial charge in [-0.15, -0.1) is 0 Å². The highest BCUT2D eigenvalue weighted by Crippen LogP contribution is 2.40. The van der Waals surface area contributed by atoms with Gasteiger partial charge in [-0.2, -0.15) is 11.8 Å². The van der Waals surface area contributed by atoms with E-state index in [-0.39, 0.29) is 0 Å². The standard InChI is InChI=1S/C11H13S/c1-2-12-11-8-7-9-5-3-4-6-10(9)11/h3-6,11H,1-2,7-8H2. The van der Waals surface area contributed by atoms with Crippen LogP contribution >= 0.6 is 11.8 Å². The first-order valence-electron chi connectivity index (χ1n) is 4.40. The van der Waals surface area contributed by atoms with Crippen molar-refractivity contribution in [1.82, 2.24) is 0 Å². The third-order valence-corrected chi connectivity index (χ3v) is 3.52. The molecule has 1 aliphatic carbocycles. The smallest absolute Gasteiger partial charge is 0.0303 e. The molecule has 2 rings (SSSR count). The van der Waals surface area contributed by atoms with E-state index in [1.807, 2.05) is 11.8 Å². The van der Waals surface area contributed by atoms with Gasteiger partial charge in [0, 0.05) is 5.25 Å². The van der Waals surface area contributed by atoms with E-state index in [4.69, 9.17) is 0 Å². The predicted molar refractivity (Wildman–Crippen MR) is 55.3 cm³/mol. The molecule has 1 aliphatic rings. The zero-order valence-electron chi connectivity index (χ0n) is 7.12. The highest BCUT2D eigenvalue weighted by Gasteiger charge is 2.20. The molecule has 1 aromatic rings. The van der Waals surface area contributed by atoms with Crippen molar-refractivity contribution in [2.45, 2.75) is 18.1 Å². The molecule has 1 heteroatoms. The van der Waals surface area contributed by atoms with Gasteiger partial charge in [-0.3, -0.25) is 0 Å². The van der Waals surface area contributed by atoms with E-state index in [1.54, 1.807) is 11.1 Å². The number of benzene rings is 1. The minimum Gasteiger partial charge on any atom is -0.154 e. The van der Waals surface area contributed by atoms with Crippen LogP contribution in [-0.2, 0) is 6.42 Å². The molecule has 0 saturated heterocycles. The number of thioether (sulfide) groups is 1. The molecule has 1 aromatic carbocycles. The second kappa shape index (κ2) is 3.53. The van der Waals surface area contributed by atoms with Crippen LogP contribution in [0.4, 0.5) is 0 Å². The van der Waals surface area contributed by atoms with E-state index in [0.717, 1.165) is 11.0 Å². The Bertz CT molecular complexity index is 265. The molecule has 63 valence electrons. The molecule has 0 aromatic heterocycles. The molecule has 0 heterocycles. The topological polar surface area (TPSA) is 0 Å². The normalized spacial score (nSPS) is 20.9. The van der Waals surface area contributed by atoms with Crippen LogP contribution in [0.15, 0.2) is 24.3 Å². The average molecular weight is 177 g/mol. The van der Waals surface area contributed by atoms with Crippen molar-refractivity contribution in [3.05, 3.63) is 42.3 Å². The highest BCUT2D eigenvalue weighted by atomic mass is 32.2. The van der Waals surface area contributed by atoms with Crippen molar-refractivity contribution in [3.63, 3.8) is 0 Å². The fourth-order valence-electron chi connectivity index (χ4n) is 1.83. The Hall–Kier alpha value is -0.430. The van der Waals surface area contributed by atoms with Gasteiger partial charge in [0.2, 0.25) is 0 Å². The summed E-state index contributed by atoms with van der Waals surface area (Å²) < 4.78 is 0. The van der Waals surface area contributed by atoms with E-state index in [9.17, 15) is 0 Å². The second-order valence-corrected chi connectivity index (χ2v) is 4.41. The van der Waals surface area contributed by atoms with Crippen LogP contribution in [0.5, 0.6) is 0 Å². The quantitative estimate of drug-likeness (QED) is 0.668. The third-order valence-electron chi connectivity index (χ3n) is 2.40. The molecule has 0 saturated carbocycles. The number of hydrogen-bond donors (Lipinski definition) is 0. The van der Waals surface area contributed by atoms with E-state index in [2.05, 4.69) is 31.2 Å². The summed E-state index contributed by atoms with van der Waals surface area (Å²) in [4.78, 5) is 0. The molecular weight excluding hydrogens is 164 g/mol. The fraction of sp³-hybridized carbons (Fsp3) is 0.364. The summed E-state index contributed by atoms with van der Waals surface area (Å²) >= 11 is 1.97. The Morgan fingerprint density at radius 3 is 3.08 bits per heavy atom. The van der Waals surface area contributed by atoms with Crippen LogP contribution in [0, 0.1) is 6.92 Å². The summed E-state index contributed by atoms with van der Waals surface area (Å²) in [6.45, 7) is 3.89. The maximum Gasteiger partial charge on any atom is 0.0303 e. The molecule has 0 nitrogen and oxygen atoms in total. The summed E-state index contributed by atoms with van der Waals surface area (Å²) in [5.41, 5.74) is 3.09. The summed E-state index contributed by atoms with van der Waals surface area (Å²) in [6.07, 6.45) is 2.56. The number of hydrogen-bond acceptors (Lipinski definition) is 1. The van der Waals surface area contributed by atoms with E-state index >= 15 is 0 Å². The third kappa shape index (κ3) is 1.38. The van der Waals surface area contributed by atoms with E-state index in [1.165, 1.54) is 12.8 Å². The van der Waals surface area contributed by atoms with Crippen molar-refractivity contribution in [1.29, 1.82) is 0 Å². The van der Waals surface area contributed by atoms with Crippen LogP contribution in [0.3, 0.4) is 0 Å². The van der Waals surface area contributed by atoms with Gasteiger partial charge in [0.25, 0.3) is 0 Å². The zero-order valence-corrected chi connectivity index (χ0v) is 7.94. The molecular formula is C11H13S. The number of fused-ring (bicyclic) bond motifs is 1. The molecule has 1 atom stereocenters. The van der Waals surface area contributed by atoms with Gasteiger partial charge in [-0.05, 0) is 36.6 Å². The Kier molecular flexibility index (Phi) is 2.40. The fourth-order valence-corrected chi connectivity index (χ4v) is 2.81. The molecule has 12 heavy (non-hydrogen) atoms. The molecule has 0 bridgehead atoms. The second-order valence-electron chi connectivity index (χ2n) is 3.10. The molecule has 1 unspecified atom stereocenters. The van der Waals surface area contributed by atoms with Crippen LogP contribution in [0.1, 0.15) is 22.8 Å². The van der Waals surface area contributed by atoms with Crippen molar-refractivity contribution in [2.75, 3.05) is 5.75 Å². The first-order chi connectivity index (χ1) is 5.92. The highest BCUT2D eigenvalue weighted by molar-refractivity contribution is 7.99. The van der Waals surface area contributed by atoms with Gasteiger partial charge in [0.05, 0.1) is 0 Å². The first-order valence-corrected chi connectivity index (χ1v) is 5.45. The van der Waals surface area contributed by atoms with Crippen LogP contribution in [0.25, 0.3) is 0 Å². The van der Waals surface area contributed by atoms with E-state index < -0.39 is 0 Å². The molecule has 0 aliphatic heterocycles. The molecule has 0 N–H and O–H groups in total. The van der Waals surface area contributed by atoms with Crippen molar-refractivity contribution >= 4 is 11.8 Å². The monoisotopic (exact) mass is 177 g/mol. The average Bonchev–Trinajstić information content (AvgIpc) is 2.50. The van der Waals surface area contributed by atoms with Gasteiger partial charge in [-0.25, -0.2) is 0 Å². The summed E-state index contributed by atoms with van der Waals surface area (Å²) in [7, 11) is 0. The van der Waals surface area contributed by atoms with Gasteiger partial charge < -0.3 is 0 Å². The van der Waals surface area contributed by atoms with Crippen LogP contribution in [-0.4, -0.2) is 5.75 Å². The molecule has 0 spiro atoms. The lowest BCUT2D eigenvalue weighted by Crippen LogP contribution is -1.87. The van der Waals surface area contributed by atoms with Crippen molar-refractivity contribution in [3.8, 4) is 0 Å². The number of aryl methyl sites for hydroxylation is 1. The molecule has 1 radical (unpaired) electrons. The van der Waals surface area contributed by atoms with Crippen molar-refractivity contribution in [2.24, 2.45) is 0 Å². The van der Waals surface area contributed by atoms with Crippen LogP contribution in [0.2, 0.25) is 0 Å². The van der Waals surface area contributed by atoms with E-state index in [0.29, 0.717) is 0 Å². The van der Waals surface area contributed by atoms with Crippen molar-refractivity contribution < 1.29 is 0 Å². The Labute approximate surface area is 78.4 Å². The Balaban J connectivity index is 2.24.